The lowest BCUT2D eigenvalue weighted by molar-refractivity contribution is -0.145. The summed E-state index contributed by atoms with van der Waals surface area (Å²) >= 11 is 0. The van der Waals surface area contributed by atoms with Crippen molar-refractivity contribution in [3.8, 4) is 0 Å². The minimum Gasteiger partial charge on any atom is -0.466 e. The van der Waals surface area contributed by atoms with Crippen LogP contribution in [0.15, 0.2) is 0 Å². The maximum Gasteiger partial charge on any atom is 0.408 e. The van der Waals surface area contributed by atoms with Gasteiger partial charge in [0, 0.05) is 13.1 Å². The number of rotatable bonds is 14. The molecule has 1 heterocycles. The van der Waals surface area contributed by atoms with Crippen LogP contribution in [0.3, 0.4) is 0 Å². The van der Waals surface area contributed by atoms with Crippen molar-refractivity contribution in [2.24, 2.45) is 23.2 Å². The lowest BCUT2D eigenvalue weighted by Gasteiger charge is -2.37. The minimum absolute atomic E-state index is 0.0596. The smallest absolute Gasteiger partial charge is 0.408 e. The van der Waals surface area contributed by atoms with Crippen molar-refractivity contribution in [3.05, 3.63) is 0 Å². The molecule has 1 saturated heterocycles. The Kier molecular flexibility index (Phi) is 12.4. The van der Waals surface area contributed by atoms with E-state index < -0.39 is 53.4 Å². The van der Waals surface area contributed by atoms with Crippen molar-refractivity contribution in [1.29, 1.82) is 0 Å². The van der Waals surface area contributed by atoms with Crippen LogP contribution in [0.1, 0.15) is 106 Å². The number of piperidine rings is 1. The molecule has 5 unspecified atom stereocenters. The highest BCUT2D eigenvalue weighted by atomic mass is 16.6. The Hall–Kier alpha value is -3.18. The van der Waals surface area contributed by atoms with E-state index in [1.54, 1.807) is 25.7 Å². The van der Waals surface area contributed by atoms with Crippen molar-refractivity contribution in [2.75, 3.05) is 19.7 Å². The van der Waals surface area contributed by atoms with Crippen LogP contribution in [-0.4, -0.2) is 83.9 Å². The van der Waals surface area contributed by atoms with Crippen LogP contribution in [0, 0.1) is 23.2 Å². The molecule has 3 fully saturated rings. The molecule has 2 aliphatic carbocycles. The molecule has 12 nitrogen and oxygen atoms in total. The number of fused-ring (bicyclic) bond motifs is 1. The average molecular weight is 635 g/mol. The number of hydrogen-bond donors (Lipinski definition) is 3. The first-order chi connectivity index (χ1) is 21.1. The van der Waals surface area contributed by atoms with Crippen LogP contribution in [0.25, 0.3) is 0 Å². The van der Waals surface area contributed by atoms with Crippen LogP contribution in [0.2, 0.25) is 0 Å². The third-order valence-corrected chi connectivity index (χ3v) is 9.34. The van der Waals surface area contributed by atoms with Crippen molar-refractivity contribution < 1.29 is 38.2 Å². The van der Waals surface area contributed by atoms with Crippen LogP contribution >= 0.6 is 0 Å². The lowest BCUT2D eigenvalue weighted by atomic mass is 9.83. The fourth-order valence-electron chi connectivity index (χ4n) is 6.90. The summed E-state index contributed by atoms with van der Waals surface area (Å²) in [6.07, 6.45) is 5.25. The second-order valence-corrected chi connectivity index (χ2v) is 14.4. The zero-order valence-electron chi connectivity index (χ0n) is 28.2. The van der Waals surface area contributed by atoms with Crippen LogP contribution in [-0.2, 0) is 33.4 Å². The van der Waals surface area contributed by atoms with E-state index in [-0.39, 0.29) is 55.1 Å². The number of ether oxygens (including phenoxy) is 2. The molecule has 2 saturated carbocycles. The summed E-state index contributed by atoms with van der Waals surface area (Å²) in [5.41, 5.74) is -0.914. The summed E-state index contributed by atoms with van der Waals surface area (Å²) in [7, 11) is 0. The molecule has 0 spiro atoms. The first-order valence-corrected chi connectivity index (χ1v) is 16.7. The maximum absolute atomic E-state index is 14.2. The van der Waals surface area contributed by atoms with Gasteiger partial charge in [-0.3, -0.25) is 24.0 Å². The van der Waals surface area contributed by atoms with Gasteiger partial charge in [0.25, 0.3) is 5.91 Å². The van der Waals surface area contributed by atoms with Crippen molar-refractivity contribution in [3.63, 3.8) is 0 Å². The van der Waals surface area contributed by atoms with Gasteiger partial charge in [-0.05, 0) is 69.6 Å². The SMILES string of the molecule is CCCOC(=O)CCNC(=O)C(=O)C(CCC)NC(=O)C1C2C(CN1C(=O)C(NC(=O)OC(C)(C)C)C1CCCCC1)C2(C)C. The number of nitrogens with zero attached hydrogens (tertiary/aromatic N) is 1. The number of hydrogen-bond acceptors (Lipinski definition) is 8. The first kappa shape index (κ1) is 36.3. The highest BCUT2D eigenvalue weighted by molar-refractivity contribution is 6.38. The number of likely N-dealkylation sites (tertiary alicyclic amines) is 1. The van der Waals surface area contributed by atoms with E-state index >= 15 is 0 Å². The van der Waals surface area contributed by atoms with E-state index in [2.05, 4.69) is 29.8 Å². The molecule has 0 aromatic heterocycles. The van der Waals surface area contributed by atoms with E-state index in [0.29, 0.717) is 19.4 Å². The van der Waals surface area contributed by atoms with E-state index in [1.807, 2.05) is 13.8 Å². The van der Waals surface area contributed by atoms with Crippen molar-refractivity contribution >= 4 is 35.6 Å². The van der Waals surface area contributed by atoms with E-state index in [1.165, 1.54) is 0 Å². The fraction of sp³-hybridized carbons (Fsp3) is 0.818. The fourth-order valence-corrected chi connectivity index (χ4v) is 6.90. The lowest BCUT2D eigenvalue weighted by Crippen LogP contribution is -2.59. The summed E-state index contributed by atoms with van der Waals surface area (Å²) in [4.78, 5) is 80.2. The third-order valence-electron chi connectivity index (χ3n) is 9.34. The Balaban J connectivity index is 1.75. The van der Waals surface area contributed by atoms with Crippen LogP contribution < -0.4 is 16.0 Å². The molecule has 1 aliphatic heterocycles. The van der Waals surface area contributed by atoms with E-state index in [4.69, 9.17) is 9.47 Å². The second kappa shape index (κ2) is 15.4. The summed E-state index contributed by atoms with van der Waals surface area (Å²) in [6, 6.07) is -2.76. The number of amides is 4. The van der Waals surface area contributed by atoms with Crippen molar-refractivity contribution in [2.45, 2.75) is 130 Å². The van der Waals surface area contributed by atoms with Crippen LogP contribution in [0.4, 0.5) is 4.79 Å². The minimum atomic E-state index is -1.08. The molecule has 0 radical (unpaired) electrons. The zero-order chi connectivity index (χ0) is 33.5. The van der Waals surface area contributed by atoms with Gasteiger partial charge in [-0.25, -0.2) is 4.79 Å². The Morgan fingerprint density at radius 2 is 1.62 bits per heavy atom. The predicted molar refractivity (Wildman–Crippen MR) is 167 cm³/mol. The standard InChI is InChI=1S/C33H54N4O8/c1-8-13-22(27(39)29(41)34-17-16-23(38)44-18-9-2)35-28(40)26-24-21(33(24,6)7)19-37(26)30(42)25(20-14-11-10-12-15-20)36-31(43)45-32(3,4)5/h20-22,24-26H,8-19H2,1-7H3,(H,34,41)(H,35,40)(H,36,43). The Morgan fingerprint density at radius 3 is 2.22 bits per heavy atom. The molecule has 5 atom stereocenters. The zero-order valence-corrected chi connectivity index (χ0v) is 28.2. The van der Waals surface area contributed by atoms with E-state index in [9.17, 15) is 28.8 Å². The highest BCUT2D eigenvalue weighted by Gasteiger charge is 2.69. The average Bonchev–Trinajstić information content (AvgIpc) is 3.28. The maximum atomic E-state index is 14.2. The van der Waals surface area contributed by atoms with Gasteiger partial charge in [-0.15, -0.1) is 0 Å². The summed E-state index contributed by atoms with van der Waals surface area (Å²) in [5.74, 6) is -3.06. The molecule has 4 amide bonds. The third kappa shape index (κ3) is 9.42. The normalized spacial score (nSPS) is 23.6. The topological polar surface area (TPSA) is 160 Å². The molecule has 12 heteroatoms. The van der Waals surface area contributed by atoms with Gasteiger partial charge in [0.1, 0.15) is 17.7 Å². The first-order valence-electron chi connectivity index (χ1n) is 16.7. The number of esters is 1. The monoisotopic (exact) mass is 634 g/mol. The van der Waals surface area contributed by atoms with Gasteiger partial charge in [-0.1, -0.05) is 53.4 Å². The Labute approximate surface area is 267 Å². The number of alkyl carbamates (subject to hydrolysis) is 1. The van der Waals surface area contributed by atoms with Crippen molar-refractivity contribution in [1.82, 2.24) is 20.9 Å². The molecule has 45 heavy (non-hydrogen) atoms. The largest absolute Gasteiger partial charge is 0.466 e. The predicted octanol–water partition coefficient (Wildman–Crippen LogP) is 3.26. The summed E-state index contributed by atoms with van der Waals surface area (Å²) in [6.45, 7) is 13.7. The number of carbonyl (C=O) groups excluding carboxylic acids is 6. The number of nitrogens with one attached hydrogen (secondary N) is 3. The van der Waals surface area contributed by atoms with Gasteiger partial charge < -0.3 is 30.3 Å². The Bertz CT molecular complexity index is 1110. The summed E-state index contributed by atoms with van der Waals surface area (Å²) in [5, 5.41) is 8.09. The molecule has 3 rings (SSSR count). The van der Waals surface area contributed by atoms with Gasteiger partial charge in [0.15, 0.2) is 0 Å². The van der Waals surface area contributed by atoms with Gasteiger partial charge in [0.05, 0.1) is 19.1 Å². The number of Topliss-reactive ketones (excluding diaryl/α,β-unsaturated/α-hetero) is 1. The number of ketones is 1. The molecule has 3 aliphatic rings. The number of carbonyl (C=O) groups is 6. The molecular weight excluding hydrogens is 580 g/mol. The van der Waals surface area contributed by atoms with Crippen LogP contribution in [0.5, 0.6) is 0 Å². The Morgan fingerprint density at radius 1 is 0.956 bits per heavy atom. The molecule has 254 valence electrons. The van der Waals surface area contributed by atoms with Gasteiger partial charge in [-0.2, -0.15) is 0 Å². The van der Waals surface area contributed by atoms with E-state index in [0.717, 1.165) is 32.1 Å². The molecular formula is C33H54N4O8. The van der Waals surface area contributed by atoms with Gasteiger partial charge in [0.2, 0.25) is 17.6 Å². The second-order valence-electron chi connectivity index (χ2n) is 14.4. The molecule has 0 bridgehead atoms. The molecule has 0 aromatic rings. The highest BCUT2D eigenvalue weighted by Crippen LogP contribution is 2.65. The molecule has 0 aromatic carbocycles. The quantitative estimate of drug-likeness (QED) is 0.194. The molecule has 3 N–H and O–H groups in total. The summed E-state index contributed by atoms with van der Waals surface area (Å²) < 4.78 is 10.5. The van der Waals surface area contributed by atoms with Gasteiger partial charge >= 0.3 is 12.1 Å².